The molecule has 0 fully saturated rings. The third kappa shape index (κ3) is 3.44. The van der Waals surface area contributed by atoms with Crippen LogP contribution in [0.2, 0.25) is 0 Å². The maximum absolute atomic E-state index is 3.99. The van der Waals surface area contributed by atoms with Crippen LogP contribution in [-0.4, -0.2) is 10.2 Å². The maximum Gasteiger partial charge on any atom is 0.0490 e. The van der Waals surface area contributed by atoms with Crippen molar-refractivity contribution in [2.45, 2.75) is 40.3 Å². The first kappa shape index (κ1) is 13.8. The lowest BCUT2D eigenvalue weighted by atomic mass is 9.81. The molecule has 0 amide bonds. The lowest BCUT2D eigenvalue weighted by Crippen LogP contribution is -2.32. The van der Waals surface area contributed by atoms with Gasteiger partial charge in [-0.25, -0.2) is 0 Å². The number of nitrogens with zero attached hydrogens (tertiary/aromatic N) is 1. The van der Waals surface area contributed by atoms with Crippen LogP contribution in [0.5, 0.6) is 0 Å². The summed E-state index contributed by atoms with van der Waals surface area (Å²) in [4.78, 5) is 0. The zero-order chi connectivity index (χ0) is 13.9. The van der Waals surface area contributed by atoms with Crippen LogP contribution in [0, 0.1) is 12.3 Å². The molecule has 0 aliphatic rings. The summed E-state index contributed by atoms with van der Waals surface area (Å²) in [6.07, 6.45) is 1.79. The highest BCUT2D eigenvalue weighted by Gasteiger charge is 2.26. The quantitative estimate of drug-likeness (QED) is 0.878. The Morgan fingerprint density at radius 1 is 1.21 bits per heavy atom. The van der Waals surface area contributed by atoms with E-state index < -0.39 is 0 Å². The molecule has 0 saturated carbocycles. The number of hydrogen-bond acceptors (Lipinski definition) is 2. The van der Waals surface area contributed by atoms with E-state index in [1.54, 1.807) is 6.20 Å². The molecule has 102 valence electrons. The summed E-state index contributed by atoms with van der Waals surface area (Å²) >= 11 is 0. The van der Waals surface area contributed by atoms with Gasteiger partial charge in [0.05, 0.1) is 0 Å². The third-order valence-electron chi connectivity index (χ3n) is 3.42. The fourth-order valence-corrected chi connectivity index (χ4v) is 2.39. The first-order valence-electron chi connectivity index (χ1n) is 6.75. The van der Waals surface area contributed by atoms with E-state index in [2.05, 4.69) is 67.5 Å². The van der Waals surface area contributed by atoms with Gasteiger partial charge in [-0.2, -0.15) is 5.10 Å². The van der Waals surface area contributed by atoms with Crippen LogP contribution < -0.4 is 5.32 Å². The average Bonchev–Trinajstić information content (AvgIpc) is 2.83. The summed E-state index contributed by atoms with van der Waals surface area (Å²) in [7, 11) is 0. The van der Waals surface area contributed by atoms with Crippen molar-refractivity contribution in [2.75, 3.05) is 0 Å². The second-order valence-corrected chi connectivity index (χ2v) is 6.12. The fourth-order valence-electron chi connectivity index (χ4n) is 2.39. The molecule has 1 aromatic carbocycles. The van der Waals surface area contributed by atoms with Crippen molar-refractivity contribution >= 4 is 0 Å². The van der Waals surface area contributed by atoms with Gasteiger partial charge >= 0.3 is 0 Å². The number of aromatic nitrogens is 2. The summed E-state index contributed by atoms with van der Waals surface area (Å²) in [6, 6.07) is 10.9. The molecule has 1 atom stereocenters. The SMILES string of the molecule is Cc1ccccc1C(NCc1ccn[nH]1)C(C)(C)C. The number of nitrogens with one attached hydrogen (secondary N) is 2. The average molecular weight is 257 g/mol. The predicted octanol–water partition coefficient (Wildman–Crippen LogP) is 3.60. The molecule has 3 nitrogen and oxygen atoms in total. The molecule has 0 spiro atoms. The van der Waals surface area contributed by atoms with Gasteiger partial charge in [0.1, 0.15) is 0 Å². The van der Waals surface area contributed by atoms with Crippen LogP contribution in [0.15, 0.2) is 36.5 Å². The van der Waals surface area contributed by atoms with Crippen LogP contribution in [0.3, 0.4) is 0 Å². The summed E-state index contributed by atoms with van der Waals surface area (Å²) in [5.74, 6) is 0. The molecule has 1 heterocycles. The van der Waals surface area contributed by atoms with E-state index in [9.17, 15) is 0 Å². The van der Waals surface area contributed by atoms with Gasteiger partial charge in [0.2, 0.25) is 0 Å². The van der Waals surface area contributed by atoms with E-state index in [-0.39, 0.29) is 5.41 Å². The first-order chi connectivity index (χ1) is 8.98. The molecular formula is C16H23N3. The second-order valence-electron chi connectivity index (χ2n) is 6.12. The van der Waals surface area contributed by atoms with E-state index in [4.69, 9.17) is 0 Å². The number of benzene rings is 1. The highest BCUT2D eigenvalue weighted by Crippen LogP contribution is 2.34. The molecule has 3 heteroatoms. The van der Waals surface area contributed by atoms with Gasteiger partial charge in [-0.3, -0.25) is 5.10 Å². The van der Waals surface area contributed by atoms with Gasteiger partial charge in [-0.1, -0.05) is 45.0 Å². The number of H-pyrrole nitrogens is 1. The van der Waals surface area contributed by atoms with Gasteiger partial charge in [-0.15, -0.1) is 0 Å². The molecule has 0 bridgehead atoms. The monoisotopic (exact) mass is 257 g/mol. The maximum atomic E-state index is 3.99. The van der Waals surface area contributed by atoms with Crippen LogP contribution in [-0.2, 0) is 6.54 Å². The van der Waals surface area contributed by atoms with Crippen molar-refractivity contribution in [1.82, 2.24) is 15.5 Å². The third-order valence-corrected chi connectivity index (χ3v) is 3.42. The van der Waals surface area contributed by atoms with Crippen molar-refractivity contribution in [2.24, 2.45) is 5.41 Å². The number of rotatable bonds is 4. The Bertz CT molecular complexity index is 509. The van der Waals surface area contributed by atoms with E-state index in [0.29, 0.717) is 6.04 Å². The van der Waals surface area contributed by atoms with Crippen molar-refractivity contribution in [3.05, 3.63) is 53.3 Å². The normalized spacial score (nSPS) is 13.5. The van der Waals surface area contributed by atoms with Gasteiger partial charge in [-0.05, 0) is 29.5 Å². The second kappa shape index (κ2) is 5.57. The molecule has 0 radical (unpaired) electrons. The summed E-state index contributed by atoms with van der Waals surface area (Å²) in [5, 5.41) is 10.6. The fraction of sp³-hybridized carbons (Fsp3) is 0.438. The molecule has 2 aromatic rings. The van der Waals surface area contributed by atoms with E-state index in [1.165, 1.54) is 11.1 Å². The van der Waals surface area contributed by atoms with Crippen molar-refractivity contribution in [1.29, 1.82) is 0 Å². The van der Waals surface area contributed by atoms with Crippen molar-refractivity contribution in [3.8, 4) is 0 Å². The molecular weight excluding hydrogens is 234 g/mol. The Labute approximate surface area is 115 Å². The Morgan fingerprint density at radius 2 is 1.95 bits per heavy atom. The van der Waals surface area contributed by atoms with E-state index >= 15 is 0 Å². The Balaban J connectivity index is 2.20. The van der Waals surface area contributed by atoms with E-state index in [1.807, 2.05) is 6.07 Å². The minimum absolute atomic E-state index is 0.159. The van der Waals surface area contributed by atoms with Crippen LogP contribution >= 0.6 is 0 Å². The summed E-state index contributed by atoms with van der Waals surface area (Å²) < 4.78 is 0. The Morgan fingerprint density at radius 3 is 2.53 bits per heavy atom. The lowest BCUT2D eigenvalue weighted by Gasteiger charge is -2.33. The molecule has 2 N–H and O–H groups in total. The number of hydrogen-bond donors (Lipinski definition) is 2. The summed E-state index contributed by atoms with van der Waals surface area (Å²) in [6.45, 7) is 9.78. The number of aryl methyl sites for hydroxylation is 1. The lowest BCUT2D eigenvalue weighted by molar-refractivity contribution is 0.269. The smallest absolute Gasteiger partial charge is 0.0490 e. The van der Waals surface area contributed by atoms with Gasteiger partial charge < -0.3 is 5.32 Å². The highest BCUT2D eigenvalue weighted by atomic mass is 15.1. The zero-order valence-electron chi connectivity index (χ0n) is 12.2. The molecule has 1 unspecified atom stereocenters. The molecule has 0 aliphatic heterocycles. The molecule has 2 rings (SSSR count). The topological polar surface area (TPSA) is 40.7 Å². The van der Waals surface area contributed by atoms with Crippen molar-refractivity contribution < 1.29 is 0 Å². The van der Waals surface area contributed by atoms with Crippen molar-refractivity contribution in [3.63, 3.8) is 0 Å². The van der Waals surface area contributed by atoms with Crippen LogP contribution in [0.1, 0.15) is 43.6 Å². The molecule has 0 aliphatic carbocycles. The Hall–Kier alpha value is -1.61. The van der Waals surface area contributed by atoms with Gasteiger partial charge in [0.25, 0.3) is 0 Å². The van der Waals surface area contributed by atoms with Crippen LogP contribution in [0.25, 0.3) is 0 Å². The van der Waals surface area contributed by atoms with Gasteiger partial charge in [0, 0.05) is 24.5 Å². The highest BCUT2D eigenvalue weighted by molar-refractivity contribution is 5.30. The predicted molar refractivity (Wildman–Crippen MR) is 78.8 cm³/mol. The summed E-state index contributed by atoms with van der Waals surface area (Å²) in [5.41, 5.74) is 3.98. The largest absolute Gasteiger partial charge is 0.304 e. The van der Waals surface area contributed by atoms with Crippen LogP contribution in [0.4, 0.5) is 0 Å². The Kier molecular flexibility index (Phi) is 4.05. The first-order valence-corrected chi connectivity index (χ1v) is 6.75. The van der Waals surface area contributed by atoms with Gasteiger partial charge in [0.15, 0.2) is 0 Å². The molecule has 19 heavy (non-hydrogen) atoms. The molecule has 1 aromatic heterocycles. The number of aromatic amines is 1. The van der Waals surface area contributed by atoms with E-state index in [0.717, 1.165) is 12.2 Å². The minimum atomic E-state index is 0.159. The standard InChI is InChI=1S/C16H23N3/c1-12-7-5-6-8-14(12)15(16(2,3)4)17-11-13-9-10-18-19-13/h5-10,15,17H,11H2,1-4H3,(H,18,19). The minimum Gasteiger partial charge on any atom is -0.304 e. The zero-order valence-corrected chi connectivity index (χ0v) is 12.2. The molecule has 0 saturated heterocycles.